The van der Waals surface area contributed by atoms with E-state index in [0.29, 0.717) is 0 Å². The van der Waals surface area contributed by atoms with Crippen molar-refractivity contribution in [1.82, 2.24) is 5.32 Å². The van der Waals surface area contributed by atoms with Crippen molar-refractivity contribution in [2.75, 3.05) is 0 Å². The zero-order valence-electron chi connectivity index (χ0n) is 12.2. The quantitative estimate of drug-likeness (QED) is 0.849. The van der Waals surface area contributed by atoms with Gasteiger partial charge in [0.25, 0.3) is 5.91 Å². The molecule has 0 aliphatic rings. The molecule has 1 unspecified atom stereocenters. The van der Waals surface area contributed by atoms with Gasteiger partial charge in [-0.2, -0.15) is 8.78 Å². The average molecular weight is 299 g/mol. The number of amides is 1. The molecule has 0 heterocycles. The third kappa shape index (κ3) is 4.00. The Kier molecular flexibility index (Phi) is 5.04. The molecule has 0 bridgehead atoms. The van der Waals surface area contributed by atoms with Gasteiger partial charge in [0.2, 0.25) is 0 Å². The second-order valence-corrected chi connectivity index (χ2v) is 5.54. The SMILES string of the molecule is CC(C)C(C)(CC(=O)O)NC(=O)C(F)(F)c1ccccc1. The molecule has 0 spiro atoms. The van der Waals surface area contributed by atoms with Gasteiger partial charge in [0.05, 0.1) is 12.0 Å². The number of carboxylic acids is 1. The number of carboxylic acid groups (broad SMARTS) is 1. The van der Waals surface area contributed by atoms with Gasteiger partial charge in [0.15, 0.2) is 0 Å². The number of benzene rings is 1. The van der Waals surface area contributed by atoms with Crippen molar-refractivity contribution < 1.29 is 23.5 Å². The molecule has 1 aromatic carbocycles. The molecule has 4 nitrogen and oxygen atoms in total. The fourth-order valence-corrected chi connectivity index (χ4v) is 1.82. The van der Waals surface area contributed by atoms with Gasteiger partial charge in [-0.05, 0) is 12.8 Å². The number of alkyl halides is 2. The Balaban J connectivity index is 2.99. The zero-order chi connectivity index (χ0) is 16.3. The van der Waals surface area contributed by atoms with E-state index < -0.39 is 35.3 Å². The van der Waals surface area contributed by atoms with Crippen molar-refractivity contribution in [1.29, 1.82) is 0 Å². The third-order valence-electron chi connectivity index (χ3n) is 3.61. The molecule has 116 valence electrons. The number of hydrogen-bond donors (Lipinski definition) is 2. The molecule has 0 radical (unpaired) electrons. The lowest BCUT2D eigenvalue weighted by Crippen LogP contribution is -2.55. The van der Waals surface area contributed by atoms with E-state index >= 15 is 0 Å². The first kappa shape index (κ1) is 17.1. The Labute approximate surface area is 122 Å². The van der Waals surface area contributed by atoms with Crippen LogP contribution in [0.4, 0.5) is 8.78 Å². The van der Waals surface area contributed by atoms with Crippen molar-refractivity contribution >= 4 is 11.9 Å². The maximum atomic E-state index is 14.1. The van der Waals surface area contributed by atoms with Crippen molar-refractivity contribution in [3.63, 3.8) is 0 Å². The summed E-state index contributed by atoms with van der Waals surface area (Å²) < 4.78 is 28.2. The van der Waals surface area contributed by atoms with E-state index in [1.807, 2.05) is 0 Å². The first-order valence-electron chi connectivity index (χ1n) is 6.57. The van der Waals surface area contributed by atoms with E-state index in [1.165, 1.54) is 19.1 Å². The van der Waals surface area contributed by atoms with Crippen LogP contribution in [0, 0.1) is 5.92 Å². The number of nitrogens with one attached hydrogen (secondary N) is 1. The molecule has 1 rings (SSSR count). The second-order valence-electron chi connectivity index (χ2n) is 5.54. The van der Waals surface area contributed by atoms with E-state index in [0.717, 1.165) is 12.1 Å². The number of carbonyl (C=O) groups excluding carboxylic acids is 1. The average Bonchev–Trinajstić information content (AvgIpc) is 2.38. The molecule has 1 aromatic rings. The summed E-state index contributed by atoms with van der Waals surface area (Å²) in [6.07, 6.45) is -0.429. The number of halogens is 2. The van der Waals surface area contributed by atoms with E-state index in [-0.39, 0.29) is 5.92 Å². The summed E-state index contributed by atoms with van der Waals surface area (Å²) in [6.45, 7) is 4.79. The van der Waals surface area contributed by atoms with Crippen LogP contribution in [0.25, 0.3) is 0 Å². The topological polar surface area (TPSA) is 66.4 Å². The highest BCUT2D eigenvalue weighted by molar-refractivity contribution is 5.86. The predicted molar refractivity (Wildman–Crippen MR) is 74.0 cm³/mol. The summed E-state index contributed by atoms with van der Waals surface area (Å²) in [7, 11) is 0. The van der Waals surface area contributed by atoms with E-state index in [1.54, 1.807) is 19.9 Å². The Morgan fingerprint density at radius 3 is 2.19 bits per heavy atom. The van der Waals surface area contributed by atoms with Crippen LogP contribution in [-0.4, -0.2) is 22.5 Å². The molecule has 0 saturated heterocycles. The molecule has 0 aliphatic heterocycles. The molecule has 1 amide bonds. The largest absolute Gasteiger partial charge is 0.481 e. The fourth-order valence-electron chi connectivity index (χ4n) is 1.82. The van der Waals surface area contributed by atoms with Gasteiger partial charge in [0.1, 0.15) is 0 Å². The maximum absolute atomic E-state index is 14.1. The first-order chi connectivity index (χ1) is 9.59. The Morgan fingerprint density at radius 2 is 1.76 bits per heavy atom. The highest BCUT2D eigenvalue weighted by Crippen LogP contribution is 2.30. The zero-order valence-corrected chi connectivity index (χ0v) is 12.2. The lowest BCUT2D eigenvalue weighted by atomic mass is 9.84. The Bertz CT molecular complexity index is 517. The minimum absolute atomic E-state index is 0.316. The van der Waals surface area contributed by atoms with E-state index in [9.17, 15) is 18.4 Å². The van der Waals surface area contributed by atoms with Crippen LogP contribution in [0.3, 0.4) is 0 Å². The smallest absolute Gasteiger partial charge is 0.349 e. The molecular formula is C15H19F2NO3. The number of aliphatic carboxylic acids is 1. The number of carbonyl (C=O) groups is 2. The van der Waals surface area contributed by atoms with Crippen LogP contribution in [0.5, 0.6) is 0 Å². The van der Waals surface area contributed by atoms with Gasteiger partial charge >= 0.3 is 11.9 Å². The lowest BCUT2D eigenvalue weighted by molar-refractivity contribution is -0.151. The summed E-state index contributed by atoms with van der Waals surface area (Å²) in [4.78, 5) is 22.8. The molecule has 21 heavy (non-hydrogen) atoms. The van der Waals surface area contributed by atoms with Crippen LogP contribution in [-0.2, 0) is 15.5 Å². The van der Waals surface area contributed by atoms with Crippen LogP contribution in [0.1, 0.15) is 32.8 Å². The van der Waals surface area contributed by atoms with Crippen molar-refractivity contribution in [3.05, 3.63) is 35.9 Å². The van der Waals surface area contributed by atoms with Crippen LogP contribution in [0.15, 0.2) is 30.3 Å². The summed E-state index contributed by atoms with van der Waals surface area (Å²) in [6, 6.07) is 6.71. The molecule has 6 heteroatoms. The molecule has 1 atom stereocenters. The highest BCUT2D eigenvalue weighted by Gasteiger charge is 2.45. The monoisotopic (exact) mass is 299 g/mol. The van der Waals surface area contributed by atoms with Crippen molar-refractivity contribution in [3.8, 4) is 0 Å². The van der Waals surface area contributed by atoms with Gasteiger partial charge in [-0.3, -0.25) is 9.59 Å². The normalized spacial score (nSPS) is 14.6. The maximum Gasteiger partial charge on any atom is 0.349 e. The molecule has 2 N–H and O–H groups in total. The molecule has 0 saturated carbocycles. The van der Waals surface area contributed by atoms with Gasteiger partial charge < -0.3 is 10.4 Å². The predicted octanol–water partition coefficient (Wildman–Crippen LogP) is 2.78. The second kappa shape index (κ2) is 6.20. The van der Waals surface area contributed by atoms with E-state index in [2.05, 4.69) is 5.32 Å². The van der Waals surface area contributed by atoms with Gasteiger partial charge in [-0.1, -0.05) is 44.2 Å². The van der Waals surface area contributed by atoms with Gasteiger partial charge in [-0.15, -0.1) is 0 Å². The fraction of sp³-hybridized carbons (Fsp3) is 0.467. The number of rotatable bonds is 6. The summed E-state index contributed by atoms with van der Waals surface area (Å²) in [5.41, 5.74) is -1.68. The molecule has 0 aromatic heterocycles. The van der Waals surface area contributed by atoms with Crippen LogP contribution in [0.2, 0.25) is 0 Å². The first-order valence-corrected chi connectivity index (χ1v) is 6.57. The number of hydrogen-bond acceptors (Lipinski definition) is 2. The van der Waals surface area contributed by atoms with Crippen LogP contribution < -0.4 is 5.32 Å². The van der Waals surface area contributed by atoms with Crippen molar-refractivity contribution in [2.24, 2.45) is 5.92 Å². The molecule has 0 fully saturated rings. The van der Waals surface area contributed by atoms with Crippen molar-refractivity contribution in [2.45, 2.75) is 38.7 Å². The standard InChI is InChI=1S/C15H19F2NO3/c1-10(2)14(3,9-12(19)20)18-13(21)15(16,17)11-7-5-4-6-8-11/h4-8,10H,9H2,1-3H3,(H,18,21)(H,19,20). The van der Waals surface area contributed by atoms with Gasteiger partial charge in [0, 0.05) is 5.56 Å². The van der Waals surface area contributed by atoms with Gasteiger partial charge in [-0.25, -0.2) is 0 Å². The minimum Gasteiger partial charge on any atom is -0.481 e. The lowest BCUT2D eigenvalue weighted by Gasteiger charge is -2.34. The summed E-state index contributed by atoms with van der Waals surface area (Å²) in [5, 5.41) is 11.1. The molecular weight excluding hydrogens is 280 g/mol. The van der Waals surface area contributed by atoms with Crippen LogP contribution >= 0.6 is 0 Å². The summed E-state index contributed by atoms with van der Waals surface area (Å²) >= 11 is 0. The third-order valence-corrected chi connectivity index (χ3v) is 3.61. The van der Waals surface area contributed by atoms with E-state index in [4.69, 9.17) is 5.11 Å². The Hall–Kier alpha value is -1.98. The Morgan fingerprint density at radius 1 is 1.24 bits per heavy atom. The minimum atomic E-state index is -3.71. The highest BCUT2D eigenvalue weighted by atomic mass is 19.3. The summed E-state index contributed by atoms with van der Waals surface area (Å²) in [5.74, 6) is -6.68. The molecule has 0 aliphatic carbocycles.